The average Bonchev–Trinajstić information content (AvgIpc) is 3.08. The van der Waals surface area contributed by atoms with Crippen molar-refractivity contribution in [1.82, 2.24) is 20.0 Å². The van der Waals surface area contributed by atoms with Crippen LogP contribution in [0.25, 0.3) is 5.69 Å². The summed E-state index contributed by atoms with van der Waals surface area (Å²) in [5.74, 6) is -1.22. The molecular weight excluding hydrogens is 337 g/mol. The minimum Gasteiger partial charge on any atom is -0.392 e. The highest BCUT2D eigenvalue weighted by atomic mass is 35.5. The molecular formula is C15H11ClFN5O2. The molecule has 0 atom stereocenters. The number of pyridine rings is 1. The van der Waals surface area contributed by atoms with Crippen LogP contribution in [0.3, 0.4) is 0 Å². The molecule has 0 spiro atoms. The van der Waals surface area contributed by atoms with E-state index in [1.54, 1.807) is 12.1 Å². The third kappa shape index (κ3) is 3.10. The molecule has 2 heterocycles. The van der Waals surface area contributed by atoms with Crippen molar-refractivity contribution < 1.29 is 14.3 Å². The van der Waals surface area contributed by atoms with E-state index in [0.29, 0.717) is 11.3 Å². The normalized spacial score (nSPS) is 10.6. The third-order valence-electron chi connectivity index (χ3n) is 3.23. The summed E-state index contributed by atoms with van der Waals surface area (Å²) in [6, 6.07) is 6.01. The van der Waals surface area contributed by atoms with E-state index < -0.39 is 11.7 Å². The summed E-state index contributed by atoms with van der Waals surface area (Å²) >= 11 is 5.73. The molecule has 0 saturated carbocycles. The Balaban J connectivity index is 1.85. The Morgan fingerprint density at radius 2 is 2.21 bits per heavy atom. The van der Waals surface area contributed by atoms with Gasteiger partial charge in [-0.15, -0.1) is 5.10 Å². The highest BCUT2D eigenvalue weighted by Crippen LogP contribution is 2.21. The molecule has 1 aromatic carbocycles. The van der Waals surface area contributed by atoms with E-state index in [4.69, 9.17) is 11.6 Å². The quantitative estimate of drug-likeness (QED) is 0.754. The number of nitrogens with one attached hydrogen (secondary N) is 1. The Hall–Kier alpha value is -2.84. The second-order valence-corrected chi connectivity index (χ2v) is 5.17. The molecule has 0 radical (unpaired) electrons. The summed E-state index contributed by atoms with van der Waals surface area (Å²) in [5.41, 5.74) is 0.911. The predicted octanol–water partition coefficient (Wildman–Crippen LogP) is 2.20. The van der Waals surface area contributed by atoms with Crippen LogP contribution in [0.15, 0.2) is 42.9 Å². The number of halogens is 2. The van der Waals surface area contributed by atoms with E-state index in [1.165, 1.54) is 30.7 Å². The average molecular weight is 348 g/mol. The first-order valence-corrected chi connectivity index (χ1v) is 7.20. The second-order valence-electron chi connectivity index (χ2n) is 4.77. The molecule has 24 heavy (non-hydrogen) atoms. The standard InChI is InChI=1S/C15H11ClFN5O2/c16-10-2-1-3-13(14(10)17)22-7-12(20-21-22)15(24)19-11-6-18-5-4-9(11)8-23/h1-7,23H,8H2,(H,19,24). The summed E-state index contributed by atoms with van der Waals surface area (Å²) < 4.78 is 15.1. The minimum absolute atomic E-state index is 0.0258. The molecule has 3 rings (SSSR count). The molecule has 9 heteroatoms. The lowest BCUT2D eigenvalue weighted by Crippen LogP contribution is -2.14. The van der Waals surface area contributed by atoms with Gasteiger partial charge in [0.15, 0.2) is 11.5 Å². The number of hydrogen-bond acceptors (Lipinski definition) is 5. The predicted molar refractivity (Wildman–Crippen MR) is 84.4 cm³/mol. The smallest absolute Gasteiger partial charge is 0.277 e. The van der Waals surface area contributed by atoms with Gasteiger partial charge in [-0.3, -0.25) is 9.78 Å². The van der Waals surface area contributed by atoms with Gasteiger partial charge in [-0.2, -0.15) is 0 Å². The maximum Gasteiger partial charge on any atom is 0.277 e. The fourth-order valence-corrected chi connectivity index (χ4v) is 2.18. The van der Waals surface area contributed by atoms with Gasteiger partial charge in [-0.1, -0.05) is 22.9 Å². The van der Waals surface area contributed by atoms with Crippen molar-refractivity contribution in [2.24, 2.45) is 0 Å². The van der Waals surface area contributed by atoms with Crippen molar-refractivity contribution in [1.29, 1.82) is 0 Å². The molecule has 0 fully saturated rings. The van der Waals surface area contributed by atoms with Crippen LogP contribution in [0.2, 0.25) is 5.02 Å². The van der Waals surface area contributed by atoms with Crippen LogP contribution in [0.4, 0.5) is 10.1 Å². The number of rotatable bonds is 4. The summed E-state index contributed by atoms with van der Waals surface area (Å²) in [7, 11) is 0. The fraction of sp³-hybridized carbons (Fsp3) is 0.0667. The first-order chi connectivity index (χ1) is 11.6. The fourth-order valence-electron chi connectivity index (χ4n) is 2.01. The lowest BCUT2D eigenvalue weighted by molar-refractivity contribution is 0.102. The van der Waals surface area contributed by atoms with Crippen molar-refractivity contribution in [3.63, 3.8) is 0 Å². The SMILES string of the molecule is O=C(Nc1cnccc1CO)c1cn(-c2cccc(Cl)c2F)nn1. The van der Waals surface area contributed by atoms with Gasteiger partial charge in [-0.05, 0) is 18.2 Å². The lowest BCUT2D eigenvalue weighted by Gasteiger charge is -2.06. The van der Waals surface area contributed by atoms with Gasteiger partial charge in [0.05, 0.1) is 29.7 Å². The van der Waals surface area contributed by atoms with Crippen LogP contribution in [0.1, 0.15) is 16.1 Å². The van der Waals surface area contributed by atoms with Crippen molar-refractivity contribution >= 4 is 23.2 Å². The van der Waals surface area contributed by atoms with E-state index >= 15 is 0 Å². The minimum atomic E-state index is -0.661. The lowest BCUT2D eigenvalue weighted by atomic mass is 10.2. The molecule has 1 amide bonds. The highest BCUT2D eigenvalue weighted by Gasteiger charge is 2.16. The first-order valence-electron chi connectivity index (χ1n) is 6.82. The van der Waals surface area contributed by atoms with Gasteiger partial charge >= 0.3 is 0 Å². The van der Waals surface area contributed by atoms with Gasteiger partial charge in [0.25, 0.3) is 5.91 Å². The van der Waals surface area contributed by atoms with Crippen molar-refractivity contribution in [3.05, 3.63) is 65.0 Å². The Morgan fingerprint density at radius 3 is 3.00 bits per heavy atom. The largest absolute Gasteiger partial charge is 0.392 e. The van der Waals surface area contributed by atoms with Crippen molar-refractivity contribution in [3.8, 4) is 5.69 Å². The Bertz CT molecular complexity index is 899. The van der Waals surface area contributed by atoms with Crippen molar-refractivity contribution in [2.45, 2.75) is 6.61 Å². The second kappa shape index (κ2) is 6.73. The Kier molecular flexibility index (Phi) is 4.50. The van der Waals surface area contributed by atoms with Gasteiger partial charge in [0.2, 0.25) is 0 Å². The molecule has 122 valence electrons. The highest BCUT2D eigenvalue weighted by molar-refractivity contribution is 6.30. The molecule has 2 aromatic heterocycles. The number of nitrogens with zero attached hydrogens (tertiary/aromatic N) is 4. The van der Waals surface area contributed by atoms with Gasteiger partial charge in [0, 0.05) is 11.8 Å². The molecule has 0 unspecified atom stereocenters. The van der Waals surface area contributed by atoms with Crippen LogP contribution >= 0.6 is 11.6 Å². The monoisotopic (exact) mass is 347 g/mol. The maximum atomic E-state index is 14.0. The number of aliphatic hydroxyl groups is 1. The van der Waals surface area contributed by atoms with E-state index in [9.17, 15) is 14.3 Å². The molecule has 7 nitrogen and oxygen atoms in total. The zero-order valence-corrected chi connectivity index (χ0v) is 12.9. The van der Waals surface area contributed by atoms with E-state index in [1.807, 2.05) is 0 Å². The number of benzene rings is 1. The number of aliphatic hydroxyl groups excluding tert-OH is 1. The number of anilines is 1. The van der Waals surface area contributed by atoms with E-state index in [0.717, 1.165) is 4.68 Å². The van der Waals surface area contributed by atoms with Gasteiger partial charge in [0.1, 0.15) is 5.69 Å². The Labute approximate surface area is 140 Å². The number of amides is 1. The number of aromatic nitrogens is 4. The molecule has 0 aliphatic carbocycles. The first kappa shape index (κ1) is 16.0. The topological polar surface area (TPSA) is 92.9 Å². The zero-order chi connectivity index (χ0) is 17.1. The summed E-state index contributed by atoms with van der Waals surface area (Å²) in [6.07, 6.45) is 4.18. The third-order valence-corrected chi connectivity index (χ3v) is 3.53. The molecule has 0 bridgehead atoms. The number of hydrogen-bond donors (Lipinski definition) is 2. The van der Waals surface area contributed by atoms with Crippen molar-refractivity contribution in [2.75, 3.05) is 5.32 Å². The van der Waals surface area contributed by atoms with Gasteiger partial charge in [-0.25, -0.2) is 9.07 Å². The molecule has 0 aliphatic rings. The molecule has 0 aliphatic heterocycles. The van der Waals surface area contributed by atoms with E-state index in [-0.39, 0.29) is 23.0 Å². The van der Waals surface area contributed by atoms with Crippen LogP contribution < -0.4 is 5.32 Å². The molecule has 2 N–H and O–H groups in total. The number of carbonyl (C=O) groups excluding carboxylic acids is 1. The molecule has 0 saturated heterocycles. The summed E-state index contributed by atoms with van der Waals surface area (Å²) in [6.45, 7) is -0.251. The van der Waals surface area contributed by atoms with Crippen LogP contribution in [0.5, 0.6) is 0 Å². The summed E-state index contributed by atoms with van der Waals surface area (Å²) in [4.78, 5) is 16.1. The van der Waals surface area contributed by atoms with Crippen LogP contribution in [-0.4, -0.2) is 31.0 Å². The number of carbonyl (C=O) groups is 1. The molecule has 3 aromatic rings. The Morgan fingerprint density at radius 1 is 1.38 bits per heavy atom. The van der Waals surface area contributed by atoms with Gasteiger partial charge < -0.3 is 10.4 Å². The zero-order valence-electron chi connectivity index (χ0n) is 12.1. The van der Waals surface area contributed by atoms with E-state index in [2.05, 4.69) is 20.6 Å². The summed E-state index contributed by atoms with van der Waals surface area (Å²) in [5, 5.41) is 19.2. The maximum absolute atomic E-state index is 14.0. The van der Waals surface area contributed by atoms with Crippen LogP contribution in [0, 0.1) is 5.82 Å². The van der Waals surface area contributed by atoms with Crippen LogP contribution in [-0.2, 0) is 6.61 Å².